The topological polar surface area (TPSA) is 49.4 Å². The van der Waals surface area contributed by atoms with Gasteiger partial charge in [-0.2, -0.15) is 0 Å². The predicted molar refractivity (Wildman–Crippen MR) is 110 cm³/mol. The lowest BCUT2D eigenvalue weighted by Crippen LogP contribution is -2.29. The van der Waals surface area contributed by atoms with Gasteiger partial charge in [-0.25, -0.2) is 0 Å². The molecule has 4 nitrogen and oxygen atoms in total. The lowest BCUT2D eigenvalue weighted by Gasteiger charge is -2.20. The molecule has 27 heavy (non-hydrogen) atoms. The summed E-state index contributed by atoms with van der Waals surface area (Å²) in [6.07, 6.45) is 1.91. The summed E-state index contributed by atoms with van der Waals surface area (Å²) in [6, 6.07) is 11.6. The van der Waals surface area contributed by atoms with Crippen LogP contribution in [-0.4, -0.2) is 18.4 Å². The highest BCUT2D eigenvalue weighted by Crippen LogP contribution is 2.31. The normalized spacial score (nSPS) is 16.7. The third-order valence-electron chi connectivity index (χ3n) is 5.20. The summed E-state index contributed by atoms with van der Waals surface area (Å²) in [4.78, 5) is 27.1. The van der Waals surface area contributed by atoms with Crippen LogP contribution < -0.4 is 10.2 Å². The van der Waals surface area contributed by atoms with Gasteiger partial charge in [0.25, 0.3) is 0 Å². The Morgan fingerprint density at radius 3 is 2.48 bits per heavy atom. The van der Waals surface area contributed by atoms with Crippen molar-refractivity contribution in [2.24, 2.45) is 5.92 Å². The van der Waals surface area contributed by atoms with Crippen LogP contribution in [0.2, 0.25) is 5.02 Å². The summed E-state index contributed by atoms with van der Waals surface area (Å²) in [7, 11) is 0. The number of benzene rings is 2. The zero-order chi connectivity index (χ0) is 19.6. The molecule has 142 valence electrons. The molecule has 1 saturated heterocycles. The van der Waals surface area contributed by atoms with Crippen molar-refractivity contribution in [2.45, 2.75) is 40.0 Å². The van der Waals surface area contributed by atoms with Gasteiger partial charge < -0.3 is 10.2 Å². The van der Waals surface area contributed by atoms with E-state index < -0.39 is 0 Å². The Kier molecular flexibility index (Phi) is 5.85. The van der Waals surface area contributed by atoms with Gasteiger partial charge in [0.15, 0.2) is 0 Å². The molecule has 5 heteroatoms. The molecule has 1 aliphatic rings. The van der Waals surface area contributed by atoms with Crippen molar-refractivity contribution in [1.29, 1.82) is 0 Å². The molecule has 0 spiro atoms. The number of carbonyl (C=O) groups is 2. The first-order chi connectivity index (χ1) is 12.9. The second-order valence-corrected chi connectivity index (χ2v) is 7.42. The second-order valence-electron chi connectivity index (χ2n) is 6.98. The molecule has 0 bridgehead atoms. The number of hydrogen-bond donors (Lipinski definition) is 1. The van der Waals surface area contributed by atoms with Gasteiger partial charge >= 0.3 is 0 Å². The molecule has 0 aliphatic carbocycles. The second kappa shape index (κ2) is 8.13. The van der Waals surface area contributed by atoms with E-state index in [0.717, 1.165) is 40.9 Å². The number of hydrogen-bond acceptors (Lipinski definition) is 2. The van der Waals surface area contributed by atoms with Crippen LogP contribution in [0.5, 0.6) is 0 Å². The van der Waals surface area contributed by atoms with E-state index in [1.165, 1.54) is 0 Å². The zero-order valence-electron chi connectivity index (χ0n) is 16.0. The smallest absolute Gasteiger partial charge is 0.229 e. The number of aryl methyl sites for hydroxylation is 3. The first kappa shape index (κ1) is 19.4. The third kappa shape index (κ3) is 4.01. The minimum atomic E-state index is -0.370. The molecule has 2 aromatic rings. The van der Waals surface area contributed by atoms with E-state index in [1.807, 2.05) is 31.2 Å². The van der Waals surface area contributed by atoms with Crippen molar-refractivity contribution in [3.63, 3.8) is 0 Å². The molecule has 3 rings (SSSR count). The molecule has 0 aromatic heterocycles. The molecule has 1 unspecified atom stereocenters. The number of anilines is 2. The van der Waals surface area contributed by atoms with Crippen molar-refractivity contribution >= 4 is 34.8 Å². The highest BCUT2D eigenvalue weighted by Gasteiger charge is 2.36. The standard InChI is InChI=1S/C22H25ClN2O2/c1-4-15-7-6-8-16(5-2)21(15)24-22(27)17-11-20(26)25(13-17)19-12-18(23)10-9-14(19)3/h6-10,12,17H,4-5,11,13H2,1-3H3,(H,24,27). The predicted octanol–water partition coefficient (Wildman–Crippen LogP) is 4.76. The van der Waals surface area contributed by atoms with E-state index >= 15 is 0 Å². The van der Waals surface area contributed by atoms with Crippen molar-refractivity contribution in [3.8, 4) is 0 Å². The minimum absolute atomic E-state index is 0.0417. The fraction of sp³-hybridized carbons (Fsp3) is 0.364. The highest BCUT2D eigenvalue weighted by molar-refractivity contribution is 6.31. The molecule has 0 radical (unpaired) electrons. The number of carbonyl (C=O) groups excluding carboxylic acids is 2. The summed E-state index contributed by atoms with van der Waals surface area (Å²) >= 11 is 6.10. The molecule has 2 aromatic carbocycles. The maximum absolute atomic E-state index is 12.9. The van der Waals surface area contributed by atoms with E-state index in [9.17, 15) is 9.59 Å². The van der Waals surface area contributed by atoms with Crippen LogP contribution in [0.25, 0.3) is 0 Å². The molecule has 0 saturated carbocycles. The summed E-state index contributed by atoms with van der Waals surface area (Å²) in [6.45, 7) is 6.47. The van der Waals surface area contributed by atoms with Gasteiger partial charge in [0.1, 0.15) is 0 Å². The minimum Gasteiger partial charge on any atom is -0.325 e. The third-order valence-corrected chi connectivity index (χ3v) is 5.44. The number of nitrogens with one attached hydrogen (secondary N) is 1. The Labute approximate surface area is 165 Å². The Bertz CT molecular complexity index is 856. The van der Waals surface area contributed by atoms with Gasteiger partial charge in [-0.3, -0.25) is 9.59 Å². The quantitative estimate of drug-likeness (QED) is 0.807. The number of halogens is 1. The van der Waals surface area contributed by atoms with Crippen molar-refractivity contribution in [3.05, 3.63) is 58.1 Å². The molecule has 1 fully saturated rings. The largest absolute Gasteiger partial charge is 0.325 e. The van der Waals surface area contributed by atoms with Crippen LogP contribution in [0.4, 0.5) is 11.4 Å². The number of nitrogens with zero attached hydrogens (tertiary/aromatic N) is 1. The first-order valence-corrected chi connectivity index (χ1v) is 9.80. The highest BCUT2D eigenvalue weighted by atomic mass is 35.5. The van der Waals surface area contributed by atoms with E-state index in [-0.39, 0.29) is 24.2 Å². The Hall–Kier alpha value is -2.33. The number of rotatable bonds is 5. The van der Waals surface area contributed by atoms with Gasteiger partial charge in [0.2, 0.25) is 11.8 Å². The summed E-state index contributed by atoms with van der Waals surface area (Å²) in [5.41, 5.74) is 4.89. The molecule has 1 aliphatic heterocycles. The average molecular weight is 385 g/mol. The summed E-state index contributed by atoms with van der Waals surface area (Å²) in [5, 5.41) is 3.68. The van der Waals surface area contributed by atoms with E-state index in [0.29, 0.717) is 11.6 Å². The maximum Gasteiger partial charge on any atom is 0.229 e. The Balaban J connectivity index is 1.80. The van der Waals surface area contributed by atoms with Crippen LogP contribution in [0.1, 0.15) is 37.0 Å². The fourth-order valence-electron chi connectivity index (χ4n) is 3.62. The van der Waals surface area contributed by atoms with Crippen LogP contribution >= 0.6 is 11.6 Å². The van der Waals surface area contributed by atoms with Gasteiger partial charge in [-0.1, -0.05) is 49.7 Å². The maximum atomic E-state index is 12.9. The van der Waals surface area contributed by atoms with Crippen LogP contribution in [0.3, 0.4) is 0 Å². The van der Waals surface area contributed by atoms with Crippen LogP contribution in [-0.2, 0) is 22.4 Å². The molecular weight excluding hydrogens is 360 g/mol. The number of amides is 2. The van der Waals surface area contributed by atoms with E-state index in [1.54, 1.807) is 17.0 Å². The van der Waals surface area contributed by atoms with Crippen LogP contribution in [0.15, 0.2) is 36.4 Å². The van der Waals surface area contributed by atoms with Crippen molar-refractivity contribution < 1.29 is 9.59 Å². The van der Waals surface area contributed by atoms with E-state index in [4.69, 9.17) is 11.6 Å². The lowest BCUT2D eigenvalue weighted by molar-refractivity contribution is -0.122. The van der Waals surface area contributed by atoms with Crippen molar-refractivity contribution in [1.82, 2.24) is 0 Å². The monoisotopic (exact) mass is 384 g/mol. The molecule has 1 atom stereocenters. The molecule has 1 heterocycles. The van der Waals surface area contributed by atoms with Gasteiger partial charge in [-0.05, 0) is 48.6 Å². The molecule has 1 N–H and O–H groups in total. The van der Waals surface area contributed by atoms with E-state index in [2.05, 4.69) is 19.2 Å². The number of para-hydroxylation sites is 1. The molecular formula is C22H25ClN2O2. The van der Waals surface area contributed by atoms with Gasteiger partial charge in [0.05, 0.1) is 5.92 Å². The fourth-order valence-corrected chi connectivity index (χ4v) is 3.78. The van der Waals surface area contributed by atoms with Gasteiger partial charge in [0, 0.05) is 29.4 Å². The Morgan fingerprint density at radius 1 is 1.19 bits per heavy atom. The van der Waals surface area contributed by atoms with Crippen molar-refractivity contribution in [2.75, 3.05) is 16.8 Å². The van der Waals surface area contributed by atoms with Gasteiger partial charge in [-0.15, -0.1) is 0 Å². The first-order valence-electron chi connectivity index (χ1n) is 9.42. The zero-order valence-corrected chi connectivity index (χ0v) is 16.8. The summed E-state index contributed by atoms with van der Waals surface area (Å²) < 4.78 is 0. The SMILES string of the molecule is CCc1cccc(CC)c1NC(=O)C1CC(=O)N(c2cc(Cl)ccc2C)C1. The lowest BCUT2D eigenvalue weighted by atomic mass is 10.0. The summed E-state index contributed by atoms with van der Waals surface area (Å²) in [5.74, 6) is -0.508. The molecule has 2 amide bonds. The average Bonchev–Trinajstić information content (AvgIpc) is 3.05. The van der Waals surface area contributed by atoms with Crippen LogP contribution in [0, 0.1) is 12.8 Å². The Morgan fingerprint density at radius 2 is 1.85 bits per heavy atom.